The molecule has 0 bridgehead atoms. The van der Waals surface area contributed by atoms with Gasteiger partial charge in [-0.1, -0.05) is 24.3 Å². The number of phenolic OH excluding ortho intramolecular Hbond substituents is 1. The van der Waals surface area contributed by atoms with Gasteiger partial charge in [0.05, 0.1) is 12.3 Å². The van der Waals surface area contributed by atoms with Gasteiger partial charge in [-0.15, -0.1) is 0 Å². The fraction of sp³-hybridized carbons (Fsp3) is 0.263. The topological polar surface area (TPSA) is 79.1 Å². The van der Waals surface area contributed by atoms with Crippen molar-refractivity contribution in [2.24, 2.45) is 4.99 Å². The predicted molar refractivity (Wildman–Crippen MR) is 93.1 cm³/mol. The number of aliphatic imine (C=N–C) groups is 1. The number of ether oxygens (including phenoxy) is 1. The number of hydrogen-bond acceptors (Lipinski definition) is 5. The summed E-state index contributed by atoms with van der Waals surface area (Å²) in [7, 11) is 0. The summed E-state index contributed by atoms with van der Waals surface area (Å²) in [4.78, 5) is 15.9. The molecule has 2 N–H and O–H groups in total. The van der Waals surface area contributed by atoms with Crippen molar-refractivity contribution in [2.45, 2.75) is 25.6 Å². The zero-order valence-corrected chi connectivity index (χ0v) is 14.6. The molecule has 1 unspecified atom stereocenters. The number of para-hydroxylation sites is 1. The van der Waals surface area contributed by atoms with E-state index in [9.17, 15) is 28.2 Å². The maximum atomic E-state index is 13.4. The summed E-state index contributed by atoms with van der Waals surface area (Å²) in [6.07, 6.45) is -3.90. The third-order valence-electron chi connectivity index (χ3n) is 3.88. The molecule has 0 aliphatic carbocycles. The van der Waals surface area contributed by atoms with Gasteiger partial charge in [-0.25, -0.2) is 4.79 Å². The molecular formula is C19H18F3NO4. The molecule has 5 nitrogen and oxygen atoms in total. The standard InChI is InChI=1S/C19H18F3NO4/c1-3-27-17(25)18(26,19(20,21)22)14-8-9-15(12(2)10-14)23-11-13-6-4-5-7-16(13)24/h4-11,24,26H,3H2,1-2H3. The minimum atomic E-state index is -5.26. The molecule has 0 radical (unpaired) electrons. The molecule has 144 valence electrons. The molecular weight excluding hydrogens is 363 g/mol. The molecule has 8 heteroatoms. The van der Waals surface area contributed by atoms with Crippen LogP contribution in [-0.2, 0) is 15.1 Å². The van der Waals surface area contributed by atoms with Crippen molar-refractivity contribution in [1.29, 1.82) is 0 Å². The highest BCUT2D eigenvalue weighted by Gasteiger charge is 2.62. The number of hydrogen-bond donors (Lipinski definition) is 2. The van der Waals surface area contributed by atoms with Gasteiger partial charge in [0.15, 0.2) is 0 Å². The van der Waals surface area contributed by atoms with Crippen LogP contribution in [-0.4, -0.2) is 35.2 Å². The average Bonchev–Trinajstić information content (AvgIpc) is 2.60. The van der Waals surface area contributed by atoms with E-state index in [-0.39, 0.29) is 12.4 Å². The van der Waals surface area contributed by atoms with Crippen LogP contribution in [0.2, 0.25) is 0 Å². The molecule has 0 amide bonds. The van der Waals surface area contributed by atoms with Crippen molar-refractivity contribution in [2.75, 3.05) is 6.61 Å². The summed E-state index contributed by atoms with van der Waals surface area (Å²) in [5.74, 6) is -1.79. The van der Waals surface area contributed by atoms with Crippen molar-refractivity contribution < 1.29 is 32.9 Å². The number of benzene rings is 2. The Bertz CT molecular complexity index is 864. The minimum absolute atomic E-state index is 0.00396. The highest BCUT2D eigenvalue weighted by atomic mass is 19.4. The predicted octanol–water partition coefficient (Wildman–Crippen LogP) is 3.76. The van der Waals surface area contributed by atoms with E-state index in [2.05, 4.69) is 9.73 Å². The third-order valence-corrected chi connectivity index (χ3v) is 3.88. The van der Waals surface area contributed by atoms with Crippen LogP contribution >= 0.6 is 0 Å². The van der Waals surface area contributed by atoms with Crippen LogP contribution in [0, 0.1) is 6.92 Å². The number of aromatic hydroxyl groups is 1. The molecule has 2 rings (SSSR count). The van der Waals surface area contributed by atoms with E-state index in [0.29, 0.717) is 16.8 Å². The van der Waals surface area contributed by atoms with Crippen LogP contribution in [0.4, 0.5) is 18.9 Å². The van der Waals surface area contributed by atoms with E-state index in [0.717, 1.165) is 12.1 Å². The Morgan fingerprint density at radius 1 is 1.22 bits per heavy atom. The molecule has 2 aromatic rings. The van der Waals surface area contributed by atoms with Gasteiger partial charge < -0.3 is 14.9 Å². The monoisotopic (exact) mass is 381 g/mol. The molecule has 0 fully saturated rings. The van der Waals surface area contributed by atoms with Crippen LogP contribution in [0.3, 0.4) is 0 Å². The number of carbonyl (C=O) groups is 1. The first-order valence-corrected chi connectivity index (χ1v) is 8.00. The van der Waals surface area contributed by atoms with Crippen LogP contribution < -0.4 is 0 Å². The summed E-state index contributed by atoms with van der Waals surface area (Å²) in [5.41, 5.74) is -3.39. The number of aliphatic hydroxyl groups is 1. The lowest BCUT2D eigenvalue weighted by Crippen LogP contribution is -2.50. The van der Waals surface area contributed by atoms with Crippen molar-refractivity contribution >= 4 is 17.9 Å². The second kappa shape index (κ2) is 7.79. The molecule has 0 aliphatic heterocycles. The van der Waals surface area contributed by atoms with Crippen molar-refractivity contribution in [3.05, 3.63) is 59.2 Å². The summed E-state index contributed by atoms with van der Waals surface area (Å²) in [6.45, 7) is 2.53. The lowest BCUT2D eigenvalue weighted by atomic mass is 9.91. The van der Waals surface area contributed by atoms with E-state index in [1.54, 1.807) is 18.2 Å². The van der Waals surface area contributed by atoms with Gasteiger partial charge in [0.1, 0.15) is 5.75 Å². The zero-order valence-electron chi connectivity index (χ0n) is 14.6. The fourth-order valence-electron chi connectivity index (χ4n) is 2.39. The quantitative estimate of drug-likeness (QED) is 0.611. The summed E-state index contributed by atoms with van der Waals surface area (Å²) < 4.78 is 44.6. The highest BCUT2D eigenvalue weighted by Crippen LogP contribution is 2.41. The zero-order chi connectivity index (χ0) is 20.2. The van der Waals surface area contributed by atoms with Gasteiger partial charge in [0.25, 0.3) is 5.60 Å². The number of esters is 1. The number of aryl methyl sites for hydroxylation is 1. The van der Waals surface area contributed by atoms with Gasteiger partial charge in [-0.3, -0.25) is 4.99 Å². The fourth-order valence-corrected chi connectivity index (χ4v) is 2.39. The molecule has 0 heterocycles. The van der Waals surface area contributed by atoms with Crippen molar-refractivity contribution in [1.82, 2.24) is 0 Å². The summed E-state index contributed by atoms with van der Waals surface area (Å²) in [6, 6.07) is 9.67. The van der Waals surface area contributed by atoms with E-state index in [1.807, 2.05) is 0 Å². The van der Waals surface area contributed by atoms with E-state index >= 15 is 0 Å². The number of rotatable bonds is 5. The van der Waals surface area contributed by atoms with Gasteiger partial charge in [0, 0.05) is 17.3 Å². The maximum absolute atomic E-state index is 13.4. The van der Waals surface area contributed by atoms with E-state index in [4.69, 9.17) is 0 Å². The van der Waals surface area contributed by atoms with Crippen molar-refractivity contribution in [3.8, 4) is 5.75 Å². The Balaban J connectivity index is 2.42. The van der Waals surface area contributed by atoms with Crippen LogP contribution in [0.15, 0.2) is 47.5 Å². The lowest BCUT2D eigenvalue weighted by molar-refractivity contribution is -0.267. The van der Waals surface area contributed by atoms with Crippen LogP contribution in [0.25, 0.3) is 0 Å². The maximum Gasteiger partial charge on any atom is 0.432 e. The molecule has 27 heavy (non-hydrogen) atoms. The lowest BCUT2D eigenvalue weighted by Gasteiger charge is -2.28. The van der Waals surface area contributed by atoms with Gasteiger partial charge >= 0.3 is 12.1 Å². The second-order valence-corrected chi connectivity index (χ2v) is 5.75. The Morgan fingerprint density at radius 3 is 2.44 bits per heavy atom. The minimum Gasteiger partial charge on any atom is -0.507 e. The molecule has 0 saturated heterocycles. The molecule has 0 saturated carbocycles. The number of halogens is 3. The molecule has 0 aliphatic rings. The van der Waals surface area contributed by atoms with Gasteiger partial charge in [0.2, 0.25) is 0 Å². The van der Waals surface area contributed by atoms with Crippen LogP contribution in [0.1, 0.15) is 23.6 Å². The normalized spacial score (nSPS) is 14.1. The first-order chi connectivity index (χ1) is 12.6. The Labute approximate surface area is 153 Å². The molecule has 2 aromatic carbocycles. The van der Waals surface area contributed by atoms with Gasteiger partial charge in [-0.2, -0.15) is 13.2 Å². The van der Waals surface area contributed by atoms with E-state index in [1.165, 1.54) is 32.2 Å². The van der Waals surface area contributed by atoms with E-state index < -0.39 is 23.3 Å². The van der Waals surface area contributed by atoms with Crippen molar-refractivity contribution in [3.63, 3.8) is 0 Å². The Hall–Kier alpha value is -2.87. The number of phenols is 1. The number of nitrogens with zero attached hydrogens (tertiary/aromatic N) is 1. The Morgan fingerprint density at radius 2 is 1.89 bits per heavy atom. The van der Waals surface area contributed by atoms with Gasteiger partial charge in [-0.05, 0) is 37.6 Å². The summed E-state index contributed by atoms with van der Waals surface area (Å²) in [5, 5.41) is 19.8. The first-order valence-electron chi connectivity index (χ1n) is 8.00. The second-order valence-electron chi connectivity index (χ2n) is 5.75. The molecule has 0 aromatic heterocycles. The third kappa shape index (κ3) is 4.11. The molecule has 1 atom stereocenters. The molecule has 0 spiro atoms. The SMILES string of the molecule is CCOC(=O)C(O)(c1ccc(N=Cc2ccccc2O)c(C)c1)C(F)(F)F. The van der Waals surface area contributed by atoms with Crippen LogP contribution in [0.5, 0.6) is 5.75 Å². The highest BCUT2D eigenvalue weighted by molar-refractivity contribution is 5.86. The number of carbonyl (C=O) groups excluding carboxylic acids is 1. The first kappa shape index (κ1) is 20.4. The average molecular weight is 381 g/mol. The Kier molecular flexibility index (Phi) is 5.90. The summed E-state index contributed by atoms with van der Waals surface area (Å²) >= 11 is 0. The smallest absolute Gasteiger partial charge is 0.432 e. The largest absolute Gasteiger partial charge is 0.507 e. The number of alkyl halides is 3.